The second-order valence-electron chi connectivity index (χ2n) is 1.95. The van der Waals surface area contributed by atoms with Crippen molar-refractivity contribution in [1.29, 1.82) is 0 Å². The van der Waals surface area contributed by atoms with Crippen LogP contribution in [-0.4, -0.2) is 17.2 Å². The molecule has 1 unspecified atom stereocenters. The maximum Gasteiger partial charge on any atom is 1.00 e. The fraction of sp³-hybridized carbons (Fsp3) is 0.500. The van der Waals surface area contributed by atoms with Crippen molar-refractivity contribution in [2.45, 2.75) is 13.0 Å². The first-order chi connectivity index (χ1) is 4.34. The molecule has 0 amide bonds. The average Bonchev–Trinajstić information content (AvgIpc) is 2.37. The molecule has 0 spiro atoms. The van der Waals surface area contributed by atoms with E-state index < -0.39 is 0 Å². The second kappa shape index (κ2) is 5.60. The number of nitrogens with one attached hydrogen (secondary N) is 1. The van der Waals surface area contributed by atoms with Gasteiger partial charge in [-0.2, -0.15) is 12.1 Å². The zero-order chi connectivity index (χ0) is 6.69. The summed E-state index contributed by atoms with van der Waals surface area (Å²) in [5.74, 6) is 0. The van der Waals surface area contributed by atoms with Crippen LogP contribution in [0.25, 0.3) is 5.32 Å². The Bertz CT molecular complexity index is 162. The first-order valence-corrected chi connectivity index (χ1v) is 2.93. The van der Waals surface area contributed by atoms with Crippen LogP contribution in [0.3, 0.4) is 0 Å². The van der Waals surface area contributed by atoms with Crippen LogP contribution in [0.15, 0.2) is 12.3 Å². The van der Waals surface area contributed by atoms with Crippen LogP contribution >= 0.6 is 0 Å². The van der Waals surface area contributed by atoms with Crippen molar-refractivity contribution < 1.29 is 58.2 Å². The molecule has 10 heavy (non-hydrogen) atoms. The van der Waals surface area contributed by atoms with Gasteiger partial charge in [0.25, 0.3) is 0 Å². The number of H-pyrrole nitrogens is 1. The second-order valence-corrected chi connectivity index (χ2v) is 1.95. The van der Waals surface area contributed by atoms with Gasteiger partial charge in [0.2, 0.25) is 0 Å². The number of hydrogen-bond donors (Lipinski definition) is 1. The molecule has 0 saturated heterocycles. The third kappa shape index (κ3) is 2.92. The SMILES string of the molecule is C[N-]C(C)c1ccn[nH]1.[Rb+]. The van der Waals surface area contributed by atoms with E-state index in [1.165, 1.54) is 0 Å². The van der Waals surface area contributed by atoms with Crippen LogP contribution in [0.2, 0.25) is 0 Å². The largest absolute Gasteiger partial charge is 1.00 e. The molecule has 1 atom stereocenters. The number of aromatic amines is 1. The summed E-state index contributed by atoms with van der Waals surface area (Å²) in [5.41, 5.74) is 1.07. The Hall–Kier alpha value is 0.975. The van der Waals surface area contributed by atoms with Crippen LogP contribution in [0.1, 0.15) is 18.7 Å². The van der Waals surface area contributed by atoms with Crippen LogP contribution in [0.4, 0.5) is 0 Å². The van der Waals surface area contributed by atoms with Crippen molar-refractivity contribution in [1.82, 2.24) is 10.2 Å². The number of rotatable bonds is 2. The molecule has 0 saturated carbocycles. The monoisotopic (exact) mass is 209 g/mol. The minimum absolute atomic E-state index is 0. The molecular weight excluding hydrogens is 200 g/mol. The van der Waals surface area contributed by atoms with Gasteiger partial charge in [-0.15, -0.1) is 0 Å². The molecule has 0 bridgehead atoms. The normalized spacial score (nSPS) is 12.2. The molecule has 0 aliphatic carbocycles. The van der Waals surface area contributed by atoms with Gasteiger partial charge in [0.1, 0.15) is 0 Å². The van der Waals surface area contributed by atoms with Crippen LogP contribution in [0, 0.1) is 0 Å². The van der Waals surface area contributed by atoms with Gasteiger partial charge in [-0.3, -0.25) is 5.10 Å². The van der Waals surface area contributed by atoms with Crippen molar-refractivity contribution in [2.75, 3.05) is 7.05 Å². The van der Waals surface area contributed by atoms with Crippen molar-refractivity contribution in [2.24, 2.45) is 0 Å². The molecule has 1 aromatic heterocycles. The van der Waals surface area contributed by atoms with Gasteiger partial charge >= 0.3 is 58.2 Å². The molecule has 1 heterocycles. The Morgan fingerprint density at radius 1 is 1.70 bits per heavy atom. The fourth-order valence-corrected chi connectivity index (χ4v) is 0.638. The standard InChI is InChI=1S/C6H10N3.Rb/c1-5(7-2)6-3-4-8-9-6;/h3-5H,1-2H3,(H,8,9);/q-1;+1. The quantitative estimate of drug-likeness (QED) is 0.632. The topological polar surface area (TPSA) is 42.8 Å². The summed E-state index contributed by atoms with van der Waals surface area (Å²) in [6, 6.07) is 2.17. The summed E-state index contributed by atoms with van der Waals surface area (Å²) in [6.07, 6.45) is 1.73. The minimum Gasteiger partial charge on any atom is -0.657 e. The molecule has 0 radical (unpaired) electrons. The zero-order valence-corrected chi connectivity index (χ0v) is 11.5. The van der Waals surface area contributed by atoms with Crippen LogP contribution in [-0.2, 0) is 0 Å². The minimum atomic E-state index is 0. The number of nitrogens with zero attached hydrogens (tertiary/aromatic N) is 2. The number of aromatic nitrogens is 2. The predicted molar refractivity (Wildman–Crippen MR) is 36.3 cm³/mol. The van der Waals surface area contributed by atoms with Crippen molar-refractivity contribution in [3.05, 3.63) is 23.3 Å². The van der Waals surface area contributed by atoms with Gasteiger partial charge in [-0.25, -0.2) is 0 Å². The third-order valence-electron chi connectivity index (χ3n) is 1.36. The summed E-state index contributed by atoms with van der Waals surface area (Å²) in [7, 11) is 1.80. The molecule has 50 valence electrons. The van der Waals surface area contributed by atoms with Gasteiger partial charge in [0.15, 0.2) is 0 Å². The van der Waals surface area contributed by atoms with E-state index in [2.05, 4.69) is 15.5 Å². The van der Waals surface area contributed by atoms with E-state index in [0.717, 1.165) is 5.69 Å². The molecule has 4 heteroatoms. The van der Waals surface area contributed by atoms with Crippen LogP contribution in [0.5, 0.6) is 0 Å². The Kier molecular flexibility index (Phi) is 6.15. The third-order valence-corrected chi connectivity index (χ3v) is 1.36. The van der Waals surface area contributed by atoms with E-state index in [9.17, 15) is 0 Å². The predicted octanol–water partition coefficient (Wildman–Crippen LogP) is -1.52. The molecule has 0 aliphatic heterocycles. The van der Waals surface area contributed by atoms with E-state index >= 15 is 0 Å². The smallest absolute Gasteiger partial charge is 0.657 e. The molecule has 0 aliphatic rings. The van der Waals surface area contributed by atoms with Gasteiger partial charge in [0.05, 0.1) is 0 Å². The van der Waals surface area contributed by atoms with E-state index in [1.807, 2.05) is 13.0 Å². The van der Waals surface area contributed by atoms with Gasteiger partial charge in [0, 0.05) is 11.9 Å². The van der Waals surface area contributed by atoms with Crippen LogP contribution < -0.4 is 58.2 Å². The Labute approximate surface area is 110 Å². The first-order valence-electron chi connectivity index (χ1n) is 2.93. The molecule has 0 fully saturated rings. The van der Waals surface area contributed by atoms with Gasteiger partial charge < -0.3 is 5.32 Å². The van der Waals surface area contributed by atoms with Gasteiger partial charge in [-0.1, -0.05) is 13.0 Å². The molecule has 1 rings (SSSR count). The summed E-state index contributed by atoms with van der Waals surface area (Å²) in [6.45, 7) is 2.02. The summed E-state index contributed by atoms with van der Waals surface area (Å²) in [4.78, 5) is 0. The summed E-state index contributed by atoms with van der Waals surface area (Å²) < 4.78 is 0. The molecule has 3 nitrogen and oxygen atoms in total. The maximum absolute atomic E-state index is 4.06. The average molecular weight is 210 g/mol. The Morgan fingerprint density at radius 2 is 2.40 bits per heavy atom. The van der Waals surface area contributed by atoms with Crippen molar-refractivity contribution in [3.63, 3.8) is 0 Å². The van der Waals surface area contributed by atoms with E-state index in [1.54, 1.807) is 13.2 Å². The molecule has 0 aromatic carbocycles. The van der Waals surface area contributed by atoms with Crippen molar-refractivity contribution in [3.8, 4) is 0 Å². The number of hydrogen-bond acceptors (Lipinski definition) is 1. The summed E-state index contributed by atoms with van der Waals surface area (Å²) in [5, 5.41) is 10.7. The first kappa shape index (κ1) is 11.0. The van der Waals surface area contributed by atoms with E-state index in [0.29, 0.717) is 0 Å². The fourth-order valence-electron chi connectivity index (χ4n) is 0.638. The van der Waals surface area contributed by atoms with Crippen molar-refractivity contribution >= 4 is 0 Å². The maximum atomic E-state index is 4.06. The zero-order valence-electron chi connectivity index (χ0n) is 6.63. The molecular formula is C6H10N3Rb. The summed E-state index contributed by atoms with van der Waals surface area (Å²) >= 11 is 0. The van der Waals surface area contributed by atoms with E-state index in [-0.39, 0.29) is 64.2 Å². The molecule has 1 aromatic rings. The molecule has 1 N–H and O–H groups in total. The Balaban J connectivity index is 0.000000810. The van der Waals surface area contributed by atoms with E-state index in [4.69, 9.17) is 0 Å². The van der Waals surface area contributed by atoms with Gasteiger partial charge in [-0.05, 0) is 6.07 Å². The Morgan fingerprint density at radius 3 is 2.80 bits per heavy atom.